The van der Waals surface area contributed by atoms with Gasteiger partial charge in [0.15, 0.2) is 5.60 Å². The second kappa shape index (κ2) is 3.69. The van der Waals surface area contributed by atoms with Crippen LogP contribution in [0.5, 0.6) is 0 Å². The normalized spacial score (nSPS) is 15.7. The van der Waals surface area contributed by atoms with Crippen LogP contribution in [0.15, 0.2) is 0 Å². The van der Waals surface area contributed by atoms with Crippen LogP contribution in [0.4, 0.5) is 0 Å². The zero-order valence-corrected chi connectivity index (χ0v) is 7.42. The van der Waals surface area contributed by atoms with Crippen molar-refractivity contribution in [1.29, 1.82) is 0 Å². The molecule has 0 aliphatic rings. The maximum Gasteiger partial charge on any atom is 0.256 e. The van der Waals surface area contributed by atoms with Crippen LogP contribution in [0.2, 0.25) is 0 Å². The lowest BCUT2D eigenvalue weighted by atomic mass is 10.1. The van der Waals surface area contributed by atoms with Crippen LogP contribution >= 0.6 is 0 Å². The number of likely N-dealkylation sites (N-methyl/N-ethyl adjacent to an activating group) is 1. The Morgan fingerprint density at radius 3 is 2.36 bits per heavy atom. The van der Waals surface area contributed by atoms with Crippen LogP contribution in [-0.2, 0) is 9.53 Å². The third-order valence-electron chi connectivity index (χ3n) is 1.29. The molecule has 0 aliphatic carbocycles. The van der Waals surface area contributed by atoms with E-state index < -0.39 is 5.60 Å². The molecule has 1 N–H and O–H groups in total. The number of aliphatic hydroxyl groups is 1. The van der Waals surface area contributed by atoms with Crippen molar-refractivity contribution in [2.24, 2.45) is 0 Å². The summed E-state index contributed by atoms with van der Waals surface area (Å²) >= 11 is 0. The van der Waals surface area contributed by atoms with Crippen molar-refractivity contribution < 1.29 is 14.6 Å². The van der Waals surface area contributed by atoms with Crippen molar-refractivity contribution >= 4 is 5.91 Å². The van der Waals surface area contributed by atoms with Crippen LogP contribution in [0.3, 0.4) is 0 Å². The highest BCUT2D eigenvalue weighted by Crippen LogP contribution is 2.06. The summed E-state index contributed by atoms with van der Waals surface area (Å²) in [6, 6.07) is 0. The van der Waals surface area contributed by atoms with Crippen LogP contribution in [0.25, 0.3) is 0 Å². The van der Waals surface area contributed by atoms with E-state index in [1.165, 1.54) is 18.9 Å². The smallest absolute Gasteiger partial charge is 0.256 e. The van der Waals surface area contributed by atoms with Gasteiger partial charge in [0.25, 0.3) is 5.91 Å². The first kappa shape index (κ1) is 10.4. The van der Waals surface area contributed by atoms with Gasteiger partial charge in [0, 0.05) is 21.2 Å². The van der Waals surface area contributed by atoms with E-state index in [1.54, 1.807) is 14.1 Å². The SMILES string of the molecule is COCC(C)(O)C(=O)N(C)C. The molecule has 66 valence electrons. The Morgan fingerprint density at radius 2 is 2.09 bits per heavy atom. The van der Waals surface area contributed by atoms with E-state index in [0.717, 1.165) is 0 Å². The molecule has 11 heavy (non-hydrogen) atoms. The minimum atomic E-state index is -1.40. The molecule has 1 amide bonds. The van der Waals surface area contributed by atoms with Gasteiger partial charge in [0.2, 0.25) is 0 Å². The number of hydrogen-bond donors (Lipinski definition) is 1. The summed E-state index contributed by atoms with van der Waals surface area (Å²) in [4.78, 5) is 12.5. The fourth-order valence-electron chi connectivity index (χ4n) is 0.825. The number of hydrogen-bond acceptors (Lipinski definition) is 3. The number of carbonyl (C=O) groups is 1. The fraction of sp³-hybridized carbons (Fsp3) is 0.857. The van der Waals surface area contributed by atoms with E-state index in [1.807, 2.05) is 0 Å². The highest BCUT2D eigenvalue weighted by molar-refractivity contribution is 5.84. The summed E-state index contributed by atoms with van der Waals surface area (Å²) in [5.41, 5.74) is -1.40. The minimum Gasteiger partial charge on any atom is -0.381 e. The third kappa shape index (κ3) is 2.86. The Bertz CT molecular complexity index is 143. The van der Waals surface area contributed by atoms with Crippen molar-refractivity contribution in [3.8, 4) is 0 Å². The zero-order valence-electron chi connectivity index (χ0n) is 7.42. The molecule has 0 aromatic heterocycles. The van der Waals surface area contributed by atoms with Gasteiger partial charge in [0.1, 0.15) is 0 Å². The molecular weight excluding hydrogens is 146 g/mol. The van der Waals surface area contributed by atoms with E-state index in [9.17, 15) is 9.90 Å². The summed E-state index contributed by atoms with van der Waals surface area (Å²) in [6.07, 6.45) is 0. The van der Waals surface area contributed by atoms with Gasteiger partial charge in [-0.1, -0.05) is 0 Å². The van der Waals surface area contributed by atoms with Gasteiger partial charge in [-0.05, 0) is 6.92 Å². The van der Waals surface area contributed by atoms with Crippen molar-refractivity contribution in [2.45, 2.75) is 12.5 Å². The molecule has 1 unspecified atom stereocenters. The summed E-state index contributed by atoms with van der Waals surface area (Å²) in [6.45, 7) is 1.45. The van der Waals surface area contributed by atoms with E-state index >= 15 is 0 Å². The lowest BCUT2D eigenvalue weighted by molar-refractivity contribution is -0.151. The van der Waals surface area contributed by atoms with Crippen molar-refractivity contribution in [2.75, 3.05) is 27.8 Å². The molecule has 0 spiro atoms. The second-order valence-corrected chi connectivity index (χ2v) is 2.91. The molecule has 4 heteroatoms. The second-order valence-electron chi connectivity index (χ2n) is 2.91. The monoisotopic (exact) mass is 161 g/mol. The summed E-state index contributed by atoms with van der Waals surface area (Å²) in [5.74, 6) is -0.348. The zero-order chi connectivity index (χ0) is 9.07. The number of ether oxygens (including phenoxy) is 1. The maximum absolute atomic E-state index is 11.2. The van der Waals surface area contributed by atoms with Gasteiger partial charge in [-0.3, -0.25) is 4.79 Å². The first-order chi connectivity index (χ1) is 4.91. The molecule has 0 bridgehead atoms. The van der Waals surface area contributed by atoms with Crippen molar-refractivity contribution in [3.05, 3.63) is 0 Å². The number of rotatable bonds is 3. The highest BCUT2D eigenvalue weighted by Gasteiger charge is 2.31. The lowest BCUT2D eigenvalue weighted by Crippen LogP contribution is -2.46. The van der Waals surface area contributed by atoms with Gasteiger partial charge < -0.3 is 14.7 Å². The average molecular weight is 161 g/mol. The molecule has 1 atom stereocenters. The summed E-state index contributed by atoms with van der Waals surface area (Å²) in [5, 5.41) is 9.44. The summed E-state index contributed by atoms with van der Waals surface area (Å²) < 4.78 is 4.68. The van der Waals surface area contributed by atoms with Gasteiger partial charge in [-0.15, -0.1) is 0 Å². The number of amides is 1. The van der Waals surface area contributed by atoms with Crippen molar-refractivity contribution in [3.63, 3.8) is 0 Å². The predicted octanol–water partition coefficient (Wildman–Crippen LogP) is -0.528. The molecule has 0 radical (unpaired) electrons. The molecular formula is C7H15NO3. The van der Waals surface area contributed by atoms with Gasteiger partial charge in [0.05, 0.1) is 6.61 Å². The molecule has 0 aliphatic heterocycles. The molecule has 4 nitrogen and oxygen atoms in total. The van der Waals surface area contributed by atoms with Crippen LogP contribution < -0.4 is 0 Å². The minimum absolute atomic E-state index is 0.0179. The first-order valence-electron chi connectivity index (χ1n) is 3.35. The lowest BCUT2D eigenvalue weighted by Gasteiger charge is -2.24. The van der Waals surface area contributed by atoms with Crippen LogP contribution in [0.1, 0.15) is 6.92 Å². The van der Waals surface area contributed by atoms with Crippen LogP contribution in [-0.4, -0.2) is 49.3 Å². The Morgan fingerprint density at radius 1 is 1.64 bits per heavy atom. The molecule has 0 fully saturated rings. The highest BCUT2D eigenvalue weighted by atomic mass is 16.5. The molecule has 0 aromatic carbocycles. The quantitative estimate of drug-likeness (QED) is 0.605. The first-order valence-corrected chi connectivity index (χ1v) is 3.35. The third-order valence-corrected chi connectivity index (χ3v) is 1.29. The Labute approximate surface area is 66.8 Å². The fourth-order valence-corrected chi connectivity index (χ4v) is 0.825. The van der Waals surface area contributed by atoms with Crippen LogP contribution in [0, 0.1) is 0 Å². The predicted molar refractivity (Wildman–Crippen MR) is 41.2 cm³/mol. The molecule has 0 saturated heterocycles. The van der Waals surface area contributed by atoms with E-state index in [4.69, 9.17) is 0 Å². The van der Waals surface area contributed by atoms with E-state index in [-0.39, 0.29) is 12.5 Å². The maximum atomic E-state index is 11.2. The largest absolute Gasteiger partial charge is 0.381 e. The molecule has 0 heterocycles. The Balaban J connectivity index is 4.17. The molecule has 0 aromatic rings. The van der Waals surface area contributed by atoms with Gasteiger partial charge in [-0.2, -0.15) is 0 Å². The number of nitrogens with zero attached hydrogens (tertiary/aromatic N) is 1. The Hall–Kier alpha value is -0.610. The number of carbonyl (C=O) groups excluding carboxylic acids is 1. The van der Waals surface area contributed by atoms with E-state index in [2.05, 4.69) is 4.74 Å². The standard InChI is InChI=1S/C7H15NO3/c1-7(10,5-11-4)6(9)8(2)3/h10H,5H2,1-4H3. The van der Waals surface area contributed by atoms with E-state index in [0.29, 0.717) is 0 Å². The van der Waals surface area contributed by atoms with Gasteiger partial charge >= 0.3 is 0 Å². The summed E-state index contributed by atoms with van der Waals surface area (Å²) in [7, 11) is 4.62. The molecule has 0 saturated carbocycles. The molecule has 0 rings (SSSR count). The van der Waals surface area contributed by atoms with Crippen molar-refractivity contribution in [1.82, 2.24) is 4.90 Å². The number of methoxy groups -OCH3 is 1. The Kier molecular flexibility index (Phi) is 3.48. The topological polar surface area (TPSA) is 49.8 Å². The average Bonchev–Trinajstić information content (AvgIpc) is 1.86. The van der Waals surface area contributed by atoms with Gasteiger partial charge in [-0.25, -0.2) is 0 Å².